The van der Waals surface area contributed by atoms with Crippen LogP contribution in [-0.2, 0) is 20.3 Å². The Hall–Kier alpha value is -3.36. The van der Waals surface area contributed by atoms with Gasteiger partial charge in [0.25, 0.3) is 0 Å². The molecule has 1 amide bonds. The van der Waals surface area contributed by atoms with E-state index in [4.69, 9.17) is 4.74 Å². The number of nitrogens with one attached hydrogen (secondary N) is 3. The molecule has 202 valence electrons. The number of carbonyl (C=O) groups excluding carboxylic acids is 1. The number of rotatable bonds is 9. The average Bonchev–Trinajstić information content (AvgIpc) is 3.56. The highest BCUT2D eigenvalue weighted by molar-refractivity contribution is 7.90. The summed E-state index contributed by atoms with van der Waals surface area (Å²) in [5.41, 5.74) is 1.77. The molecule has 3 heterocycles. The van der Waals surface area contributed by atoms with Gasteiger partial charge in [-0.15, -0.1) is 0 Å². The zero-order chi connectivity index (χ0) is 26.8. The number of sulfone groups is 1. The first-order valence-electron chi connectivity index (χ1n) is 11.9. The number of halogens is 3. The van der Waals surface area contributed by atoms with Crippen LogP contribution in [0, 0.1) is 0 Å². The van der Waals surface area contributed by atoms with Crippen LogP contribution in [0.1, 0.15) is 56.8 Å². The molecule has 0 saturated heterocycles. The van der Waals surface area contributed by atoms with E-state index in [-0.39, 0.29) is 23.8 Å². The summed E-state index contributed by atoms with van der Waals surface area (Å²) in [4.78, 5) is 16.3. The number of hydrogen-bond donors (Lipinski definition) is 3. The Balaban J connectivity index is 1.38. The Morgan fingerprint density at radius 3 is 2.78 bits per heavy atom. The van der Waals surface area contributed by atoms with Gasteiger partial charge >= 0.3 is 12.3 Å². The number of alkyl halides is 3. The molecule has 0 bridgehead atoms. The molecule has 0 aliphatic heterocycles. The molecule has 37 heavy (non-hydrogen) atoms. The van der Waals surface area contributed by atoms with E-state index in [0.29, 0.717) is 42.1 Å². The third-order valence-corrected chi connectivity index (χ3v) is 7.90. The molecule has 0 spiro atoms. The van der Waals surface area contributed by atoms with Crippen molar-refractivity contribution in [1.82, 2.24) is 30.1 Å². The topological polar surface area (TPSA) is 143 Å². The van der Waals surface area contributed by atoms with Crippen molar-refractivity contribution in [3.05, 3.63) is 35.9 Å². The Bertz CT molecular complexity index is 1360. The Labute approximate surface area is 211 Å². The number of carbonyl (C=O) groups is 1. The largest absolute Gasteiger partial charge is 0.446 e. The van der Waals surface area contributed by atoms with Crippen molar-refractivity contribution >= 4 is 33.1 Å². The highest BCUT2D eigenvalue weighted by atomic mass is 32.2. The summed E-state index contributed by atoms with van der Waals surface area (Å²) in [5.74, 6) is 0.737. The van der Waals surface area contributed by atoms with Gasteiger partial charge in [0.1, 0.15) is 17.7 Å². The van der Waals surface area contributed by atoms with Gasteiger partial charge in [0.15, 0.2) is 21.5 Å². The second-order valence-corrected chi connectivity index (χ2v) is 11.3. The average molecular weight is 544 g/mol. The zero-order valence-corrected chi connectivity index (χ0v) is 21.1. The molecule has 3 N–H and O–H groups in total. The fourth-order valence-electron chi connectivity index (χ4n) is 4.27. The molecule has 0 radical (unpaired) electrons. The van der Waals surface area contributed by atoms with Crippen molar-refractivity contribution in [3.63, 3.8) is 0 Å². The maximum absolute atomic E-state index is 12.9. The molecule has 3 atom stereocenters. The third-order valence-electron chi connectivity index (χ3n) is 6.29. The van der Waals surface area contributed by atoms with E-state index >= 15 is 0 Å². The highest BCUT2D eigenvalue weighted by Crippen LogP contribution is 2.36. The monoisotopic (exact) mass is 543 g/mol. The highest BCUT2D eigenvalue weighted by Gasteiger charge is 2.40. The minimum absolute atomic E-state index is 0.0185. The van der Waals surface area contributed by atoms with E-state index < -0.39 is 34.3 Å². The number of ether oxygens (including phenoxy) is 1. The number of H-pyrrole nitrogens is 1. The van der Waals surface area contributed by atoms with Crippen LogP contribution in [0.25, 0.3) is 5.52 Å². The molecule has 4 rings (SSSR count). The van der Waals surface area contributed by atoms with Crippen LogP contribution >= 0.6 is 0 Å². The SMILES string of the molecule is CCC(NC(=O)O[C@@H]1CC[C@H](c2cc(Nc3nccn4nc(CS(=O)(=O)CC)cc34)n[nH]2)C1)C(F)(F)F. The van der Waals surface area contributed by atoms with Gasteiger partial charge in [-0.2, -0.15) is 23.4 Å². The van der Waals surface area contributed by atoms with Crippen LogP contribution in [0.15, 0.2) is 24.5 Å². The van der Waals surface area contributed by atoms with Gasteiger partial charge in [0.05, 0.1) is 11.4 Å². The molecule has 3 aromatic rings. The predicted molar refractivity (Wildman–Crippen MR) is 128 cm³/mol. The van der Waals surface area contributed by atoms with Crippen LogP contribution in [0.4, 0.5) is 29.6 Å². The van der Waals surface area contributed by atoms with E-state index in [1.54, 1.807) is 25.3 Å². The summed E-state index contributed by atoms with van der Waals surface area (Å²) >= 11 is 0. The lowest BCUT2D eigenvalue weighted by molar-refractivity contribution is -0.155. The molecule has 1 saturated carbocycles. The van der Waals surface area contributed by atoms with Crippen molar-refractivity contribution in [3.8, 4) is 0 Å². The van der Waals surface area contributed by atoms with Gasteiger partial charge < -0.3 is 15.4 Å². The Kier molecular flexibility index (Phi) is 7.62. The van der Waals surface area contributed by atoms with Crippen molar-refractivity contribution in [2.75, 3.05) is 11.1 Å². The number of aromatic amines is 1. The molecule has 0 aromatic carbocycles. The lowest BCUT2D eigenvalue weighted by atomic mass is 10.0. The molecule has 1 fully saturated rings. The number of fused-ring (bicyclic) bond motifs is 1. The Morgan fingerprint density at radius 1 is 1.30 bits per heavy atom. The maximum Gasteiger partial charge on any atom is 0.408 e. The van der Waals surface area contributed by atoms with E-state index in [1.807, 2.05) is 5.32 Å². The molecular formula is C22H28F3N7O4S. The maximum atomic E-state index is 12.9. The van der Waals surface area contributed by atoms with Gasteiger partial charge in [-0.25, -0.2) is 22.7 Å². The summed E-state index contributed by atoms with van der Waals surface area (Å²) in [7, 11) is -3.24. The van der Waals surface area contributed by atoms with Gasteiger partial charge in [0, 0.05) is 35.8 Å². The summed E-state index contributed by atoms with van der Waals surface area (Å²) < 4.78 is 69.3. The first-order valence-corrected chi connectivity index (χ1v) is 13.7. The van der Waals surface area contributed by atoms with Gasteiger partial charge in [0.2, 0.25) is 0 Å². The molecular weight excluding hydrogens is 515 g/mol. The van der Waals surface area contributed by atoms with Gasteiger partial charge in [-0.3, -0.25) is 5.10 Å². The fraction of sp³-hybridized carbons (Fsp3) is 0.545. The second-order valence-electron chi connectivity index (χ2n) is 8.94. The van der Waals surface area contributed by atoms with Crippen molar-refractivity contribution in [2.45, 2.75) is 69.5 Å². The van der Waals surface area contributed by atoms with Crippen LogP contribution in [0.2, 0.25) is 0 Å². The first kappa shape index (κ1) is 26.7. The zero-order valence-electron chi connectivity index (χ0n) is 20.2. The van der Waals surface area contributed by atoms with E-state index in [0.717, 1.165) is 5.69 Å². The van der Waals surface area contributed by atoms with Crippen molar-refractivity contribution < 1.29 is 31.1 Å². The molecule has 1 aliphatic carbocycles. The second kappa shape index (κ2) is 10.6. The molecule has 11 nitrogen and oxygen atoms in total. The van der Waals surface area contributed by atoms with E-state index in [1.165, 1.54) is 17.6 Å². The predicted octanol–water partition coefficient (Wildman–Crippen LogP) is 3.83. The van der Waals surface area contributed by atoms with E-state index in [9.17, 15) is 26.4 Å². The van der Waals surface area contributed by atoms with E-state index in [2.05, 4.69) is 25.6 Å². The van der Waals surface area contributed by atoms with Gasteiger partial charge in [-0.1, -0.05) is 13.8 Å². The molecule has 3 aromatic heterocycles. The van der Waals surface area contributed by atoms with Gasteiger partial charge in [-0.05, 0) is 31.7 Å². The summed E-state index contributed by atoms with van der Waals surface area (Å²) in [6.45, 7) is 2.92. The number of aromatic nitrogens is 5. The Morgan fingerprint density at radius 2 is 2.08 bits per heavy atom. The number of alkyl carbamates (subject to hydrolysis) is 1. The first-order chi connectivity index (χ1) is 17.5. The van der Waals surface area contributed by atoms with Crippen LogP contribution in [0.3, 0.4) is 0 Å². The summed E-state index contributed by atoms with van der Waals surface area (Å²) in [6.07, 6.45) is -1.62. The number of hydrogen-bond acceptors (Lipinski definition) is 8. The van der Waals surface area contributed by atoms with Crippen LogP contribution in [-0.4, -0.2) is 63.4 Å². The molecule has 1 aliphatic rings. The lowest BCUT2D eigenvalue weighted by Crippen LogP contribution is -2.45. The number of nitrogens with zero attached hydrogens (tertiary/aromatic N) is 4. The quantitative estimate of drug-likeness (QED) is 0.370. The summed E-state index contributed by atoms with van der Waals surface area (Å²) in [6, 6.07) is 1.50. The standard InChI is InChI=1S/C22H28F3N7O4S/c1-3-18(22(23,24)25)27-21(33)36-15-6-5-13(9-15)16-11-19(30-29-16)28-20-17-10-14(12-37(34,35)4-2)31-32(17)8-7-26-20/h7-8,10-11,13,15,18H,3-6,9,12H2,1-2H3,(H,27,33)(H2,26,28,29,30)/t13-,15+,18?/m0/s1. The minimum atomic E-state index is -4.53. The fourth-order valence-corrected chi connectivity index (χ4v) is 5.07. The normalized spacial score (nSPS) is 19.2. The minimum Gasteiger partial charge on any atom is -0.446 e. The van der Waals surface area contributed by atoms with Crippen LogP contribution in [0.5, 0.6) is 0 Å². The smallest absolute Gasteiger partial charge is 0.408 e. The molecule has 15 heteroatoms. The molecule has 1 unspecified atom stereocenters. The summed E-state index contributed by atoms with van der Waals surface area (Å²) in [5, 5.41) is 16.5. The number of amides is 1. The van der Waals surface area contributed by atoms with Crippen LogP contribution < -0.4 is 10.6 Å². The third kappa shape index (κ3) is 6.50. The van der Waals surface area contributed by atoms with Crippen molar-refractivity contribution in [2.24, 2.45) is 0 Å². The van der Waals surface area contributed by atoms with Crippen molar-refractivity contribution in [1.29, 1.82) is 0 Å². The lowest BCUT2D eigenvalue weighted by Gasteiger charge is -2.21. The number of anilines is 2.